The van der Waals surface area contributed by atoms with E-state index < -0.39 is 15.6 Å². The van der Waals surface area contributed by atoms with Gasteiger partial charge in [-0.2, -0.15) is 0 Å². The van der Waals surface area contributed by atoms with Crippen LogP contribution in [-0.4, -0.2) is 60.6 Å². The lowest BCUT2D eigenvalue weighted by atomic mass is 9.82. The number of nitrogens with one attached hydrogen (secondary N) is 3. The number of aromatic nitrogens is 2. The van der Waals surface area contributed by atoms with Crippen LogP contribution in [0.5, 0.6) is 5.75 Å². The fraction of sp³-hybridized carbons (Fsp3) is 0.391. The Hall–Kier alpha value is -2.82. The molecule has 34 heavy (non-hydrogen) atoms. The van der Waals surface area contributed by atoms with Crippen LogP contribution in [0.15, 0.2) is 41.2 Å². The average molecular weight is 507 g/mol. The SMILES string of the molecule is CS(=O)(=O)Nc1ccc2c(c1)C(=O)CC1(CCN(CCc3ccc4[nH]c(=O)[nH]c4c3)CC1)O2.Cl. The molecule has 0 radical (unpaired) electrons. The molecule has 0 bridgehead atoms. The van der Waals surface area contributed by atoms with Crippen LogP contribution in [0.25, 0.3) is 11.0 Å². The Bertz CT molecular complexity index is 1390. The number of aromatic amines is 2. The third-order valence-corrected chi connectivity index (χ3v) is 7.06. The summed E-state index contributed by atoms with van der Waals surface area (Å²) in [6, 6.07) is 10.8. The Kier molecular flexibility index (Phi) is 6.50. The number of piperidine rings is 1. The number of ketones is 1. The number of rotatable bonds is 5. The molecular formula is C23H27ClN4O5S. The summed E-state index contributed by atoms with van der Waals surface area (Å²) in [5.74, 6) is 0.503. The van der Waals surface area contributed by atoms with Crippen molar-refractivity contribution in [3.63, 3.8) is 0 Å². The van der Waals surface area contributed by atoms with E-state index in [0.717, 1.165) is 61.7 Å². The summed E-state index contributed by atoms with van der Waals surface area (Å²) in [6.45, 7) is 2.56. The van der Waals surface area contributed by atoms with Gasteiger partial charge in [-0.1, -0.05) is 6.07 Å². The van der Waals surface area contributed by atoms with Gasteiger partial charge in [0.15, 0.2) is 5.78 Å². The number of fused-ring (bicyclic) bond motifs is 2. The molecule has 1 spiro atoms. The Morgan fingerprint density at radius 2 is 1.79 bits per heavy atom. The number of ether oxygens (including phenoxy) is 1. The standard InChI is InChI=1S/C23H26N4O5S.ClH/c1-33(30,31)26-16-3-5-21-17(13-16)20(28)14-23(32-21)7-10-27(11-8-23)9-6-15-2-4-18-19(12-15)25-22(29)24-18;/h2-5,12-13,26H,6-11,14H2,1H3,(H2,24,25,29);1H. The van der Waals surface area contributed by atoms with Crippen LogP contribution in [-0.2, 0) is 16.4 Å². The zero-order chi connectivity index (χ0) is 23.2. The van der Waals surface area contributed by atoms with Gasteiger partial charge in [-0.25, -0.2) is 13.2 Å². The van der Waals surface area contributed by atoms with Crippen molar-refractivity contribution in [2.75, 3.05) is 30.6 Å². The first-order valence-corrected chi connectivity index (χ1v) is 12.8. The zero-order valence-corrected chi connectivity index (χ0v) is 20.4. The maximum Gasteiger partial charge on any atom is 0.323 e. The van der Waals surface area contributed by atoms with E-state index in [0.29, 0.717) is 23.4 Å². The summed E-state index contributed by atoms with van der Waals surface area (Å²) in [4.78, 5) is 32.2. The van der Waals surface area contributed by atoms with Crippen molar-refractivity contribution in [3.05, 3.63) is 58.0 Å². The molecular weight excluding hydrogens is 480 g/mol. The van der Waals surface area contributed by atoms with Crippen LogP contribution in [0.1, 0.15) is 35.2 Å². The number of hydrogen-bond acceptors (Lipinski definition) is 6. The van der Waals surface area contributed by atoms with Gasteiger partial charge in [-0.15, -0.1) is 12.4 Å². The number of carbonyl (C=O) groups is 1. The molecule has 1 fully saturated rings. The monoisotopic (exact) mass is 506 g/mol. The lowest BCUT2D eigenvalue weighted by Crippen LogP contribution is -2.51. The molecule has 0 amide bonds. The van der Waals surface area contributed by atoms with Gasteiger partial charge in [-0.3, -0.25) is 9.52 Å². The molecule has 2 aromatic carbocycles. The van der Waals surface area contributed by atoms with Crippen LogP contribution < -0.4 is 15.1 Å². The van der Waals surface area contributed by atoms with Crippen LogP contribution >= 0.6 is 12.4 Å². The molecule has 0 unspecified atom stereocenters. The molecule has 3 N–H and O–H groups in total. The van der Waals surface area contributed by atoms with Gasteiger partial charge < -0.3 is 19.6 Å². The molecule has 2 aliphatic rings. The molecule has 11 heteroatoms. The van der Waals surface area contributed by atoms with E-state index in [-0.39, 0.29) is 23.9 Å². The van der Waals surface area contributed by atoms with Crippen LogP contribution in [0.3, 0.4) is 0 Å². The van der Waals surface area contributed by atoms with E-state index >= 15 is 0 Å². The van der Waals surface area contributed by atoms with Crippen LogP contribution in [0, 0.1) is 0 Å². The van der Waals surface area contributed by atoms with Crippen molar-refractivity contribution in [1.29, 1.82) is 0 Å². The molecule has 3 heterocycles. The van der Waals surface area contributed by atoms with E-state index in [1.807, 2.05) is 18.2 Å². The summed E-state index contributed by atoms with van der Waals surface area (Å²) >= 11 is 0. The molecule has 0 atom stereocenters. The highest BCUT2D eigenvalue weighted by atomic mass is 35.5. The molecule has 182 valence electrons. The van der Waals surface area contributed by atoms with Gasteiger partial charge in [0, 0.05) is 38.2 Å². The van der Waals surface area contributed by atoms with Crippen molar-refractivity contribution in [3.8, 4) is 5.75 Å². The molecule has 9 nitrogen and oxygen atoms in total. The number of likely N-dealkylation sites (tertiary alicyclic amines) is 1. The first kappa shape index (κ1) is 24.3. The second-order valence-electron chi connectivity index (χ2n) is 9.02. The van der Waals surface area contributed by atoms with E-state index in [2.05, 4.69) is 19.6 Å². The summed E-state index contributed by atoms with van der Waals surface area (Å²) < 4.78 is 31.7. The number of H-pyrrole nitrogens is 2. The molecule has 5 rings (SSSR count). The number of imidazole rings is 1. The zero-order valence-electron chi connectivity index (χ0n) is 18.7. The lowest BCUT2D eigenvalue weighted by molar-refractivity contribution is -0.00864. The minimum atomic E-state index is -3.41. The molecule has 3 aromatic rings. The van der Waals surface area contributed by atoms with Gasteiger partial charge in [0.05, 0.1) is 29.3 Å². The largest absolute Gasteiger partial charge is 0.486 e. The van der Waals surface area contributed by atoms with Crippen LogP contribution in [0.2, 0.25) is 0 Å². The maximum atomic E-state index is 12.9. The average Bonchev–Trinajstić information content (AvgIpc) is 3.12. The van der Waals surface area contributed by atoms with E-state index in [4.69, 9.17) is 4.74 Å². The summed E-state index contributed by atoms with van der Waals surface area (Å²) in [5.41, 5.74) is 2.87. The minimum absolute atomic E-state index is 0. The third kappa shape index (κ3) is 5.13. The van der Waals surface area contributed by atoms with Gasteiger partial charge in [0.2, 0.25) is 10.0 Å². The number of nitrogens with zero attached hydrogens (tertiary/aromatic N) is 1. The number of carbonyl (C=O) groups excluding carboxylic acids is 1. The van der Waals surface area contributed by atoms with Crippen molar-refractivity contribution in [1.82, 2.24) is 14.9 Å². The maximum absolute atomic E-state index is 12.9. The Labute approximate surface area is 203 Å². The number of halogens is 1. The highest BCUT2D eigenvalue weighted by Crippen LogP contribution is 2.40. The highest BCUT2D eigenvalue weighted by molar-refractivity contribution is 7.92. The minimum Gasteiger partial charge on any atom is -0.486 e. The summed E-state index contributed by atoms with van der Waals surface area (Å²) in [5, 5.41) is 0. The van der Waals surface area contributed by atoms with Gasteiger partial charge in [-0.05, 0) is 42.3 Å². The molecule has 2 aliphatic heterocycles. The van der Waals surface area contributed by atoms with Crippen molar-refractivity contribution >= 4 is 44.9 Å². The Balaban J connectivity index is 0.00000274. The number of sulfonamides is 1. The van der Waals surface area contributed by atoms with E-state index in [9.17, 15) is 18.0 Å². The van der Waals surface area contributed by atoms with Gasteiger partial charge >= 0.3 is 5.69 Å². The fourth-order valence-electron chi connectivity index (χ4n) is 4.76. The molecule has 0 saturated carbocycles. The van der Waals surface area contributed by atoms with Crippen molar-refractivity contribution in [2.45, 2.75) is 31.3 Å². The van der Waals surface area contributed by atoms with Crippen molar-refractivity contribution in [2.24, 2.45) is 0 Å². The Morgan fingerprint density at radius 1 is 1.06 bits per heavy atom. The van der Waals surface area contributed by atoms with E-state index in [1.165, 1.54) is 0 Å². The molecule has 0 aliphatic carbocycles. The number of Topliss-reactive ketones (excluding diaryl/α,β-unsaturated/α-hetero) is 1. The summed E-state index contributed by atoms with van der Waals surface area (Å²) in [7, 11) is -3.41. The Morgan fingerprint density at radius 3 is 2.53 bits per heavy atom. The number of benzene rings is 2. The lowest BCUT2D eigenvalue weighted by Gasteiger charge is -2.44. The van der Waals surface area contributed by atoms with E-state index in [1.54, 1.807) is 18.2 Å². The third-order valence-electron chi connectivity index (χ3n) is 6.46. The topological polar surface area (TPSA) is 124 Å². The normalized spacial score (nSPS) is 17.7. The smallest absolute Gasteiger partial charge is 0.323 e. The number of anilines is 1. The second kappa shape index (κ2) is 9.09. The quantitative estimate of drug-likeness (QED) is 0.488. The first-order chi connectivity index (χ1) is 15.7. The fourth-order valence-corrected chi connectivity index (χ4v) is 5.31. The molecule has 1 saturated heterocycles. The van der Waals surface area contributed by atoms with Crippen molar-refractivity contribution < 1.29 is 17.9 Å². The summed E-state index contributed by atoms with van der Waals surface area (Å²) in [6.07, 6.45) is 3.76. The highest BCUT2D eigenvalue weighted by Gasteiger charge is 2.42. The first-order valence-electron chi connectivity index (χ1n) is 11.0. The number of hydrogen-bond donors (Lipinski definition) is 3. The van der Waals surface area contributed by atoms with Gasteiger partial charge in [0.25, 0.3) is 0 Å². The second-order valence-corrected chi connectivity index (χ2v) is 10.8. The van der Waals surface area contributed by atoms with Gasteiger partial charge in [0.1, 0.15) is 11.4 Å². The predicted molar refractivity (Wildman–Crippen MR) is 133 cm³/mol. The van der Waals surface area contributed by atoms with Crippen LogP contribution in [0.4, 0.5) is 5.69 Å². The predicted octanol–water partition coefficient (Wildman–Crippen LogP) is 2.69. The molecule has 1 aromatic heterocycles.